The van der Waals surface area contributed by atoms with Crippen LogP contribution < -0.4 is 5.32 Å². The Labute approximate surface area is 402 Å². The minimum Gasteiger partial charge on any atom is -0.501 e. The number of hydrogen-bond acceptors (Lipinski definition) is 10. The molecule has 2 rings (SSSR count). The summed E-state index contributed by atoms with van der Waals surface area (Å²) in [6, 6.07) is -0.243. The van der Waals surface area contributed by atoms with Crippen LogP contribution in [0.25, 0.3) is 0 Å². The number of amides is 2. The highest BCUT2D eigenvalue weighted by Gasteiger charge is 2.34. The molecular weight excluding hydrogens is 845 g/mol. The molecule has 2 amide bonds. The molecule has 2 aliphatic rings. The second kappa shape index (κ2) is 35.0. The molecule has 0 aromatic rings. The Hall–Kier alpha value is -6.24. The summed E-state index contributed by atoms with van der Waals surface area (Å²) >= 11 is 0. The fourth-order valence-electron chi connectivity index (χ4n) is 6.57. The van der Waals surface area contributed by atoms with Crippen molar-refractivity contribution in [3.05, 3.63) is 169 Å². The van der Waals surface area contributed by atoms with Gasteiger partial charge in [-0.15, -0.1) is 6.58 Å². The SMILES string of the molecule is C=C/C=C\C/C(=C\CC)OC.C=CN(C(=O)C1=CC=CC(OCCCCOC2C=CC(N=CC(CC(=C)C)NC=O)=CC=C2OC)C(OC)=C1)C(C)(C=NC)CC/C(C)=C/C=C(\C=C/C)OC. The summed E-state index contributed by atoms with van der Waals surface area (Å²) in [6.45, 7) is 22.4. The van der Waals surface area contributed by atoms with E-state index in [9.17, 15) is 9.59 Å². The Morgan fingerprint density at radius 3 is 2.25 bits per heavy atom. The molecule has 0 aromatic carbocycles. The highest BCUT2D eigenvalue weighted by Crippen LogP contribution is 2.27. The number of rotatable bonds is 30. The Balaban J connectivity index is 0.00000180. The molecule has 0 aromatic heterocycles. The predicted octanol–water partition coefficient (Wildman–Crippen LogP) is 11.0. The summed E-state index contributed by atoms with van der Waals surface area (Å²) in [7, 11) is 8.22. The molecule has 12 heteroatoms. The van der Waals surface area contributed by atoms with Crippen LogP contribution >= 0.6 is 0 Å². The number of methoxy groups -OCH3 is 4. The number of ether oxygens (including phenoxy) is 6. The van der Waals surface area contributed by atoms with Gasteiger partial charge in [-0.2, -0.15) is 0 Å². The molecule has 4 atom stereocenters. The number of nitrogens with one attached hydrogen (secondary N) is 1. The van der Waals surface area contributed by atoms with E-state index in [4.69, 9.17) is 28.4 Å². The quantitative estimate of drug-likeness (QED) is 0.0188. The van der Waals surface area contributed by atoms with E-state index in [1.165, 1.54) is 0 Å². The van der Waals surface area contributed by atoms with Crippen LogP contribution in [0.1, 0.15) is 79.6 Å². The van der Waals surface area contributed by atoms with Gasteiger partial charge in [-0.25, -0.2) is 0 Å². The summed E-state index contributed by atoms with van der Waals surface area (Å²) in [5.41, 5.74) is 2.47. The summed E-state index contributed by atoms with van der Waals surface area (Å²) in [6.07, 6.45) is 40.3. The molecule has 0 saturated carbocycles. The molecule has 0 aliphatic heterocycles. The summed E-state index contributed by atoms with van der Waals surface area (Å²) in [5, 5.41) is 2.75. The van der Waals surface area contributed by atoms with Crippen LogP contribution in [0.5, 0.6) is 0 Å². The minimum absolute atomic E-state index is 0.233. The number of nitrogens with zero attached hydrogens (tertiary/aromatic N) is 3. The van der Waals surface area contributed by atoms with Crippen molar-refractivity contribution in [3.63, 3.8) is 0 Å². The molecule has 0 heterocycles. The van der Waals surface area contributed by atoms with Gasteiger partial charge in [-0.1, -0.05) is 67.7 Å². The number of allylic oxidation sites excluding steroid dienone is 14. The van der Waals surface area contributed by atoms with Crippen LogP contribution in [-0.4, -0.2) is 102 Å². The van der Waals surface area contributed by atoms with Gasteiger partial charge in [-0.3, -0.25) is 19.6 Å². The molecule has 0 fully saturated rings. The maximum atomic E-state index is 14.1. The molecule has 67 heavy (non-hydrogen) atoms. The van der Waals surface area contributed by atoms with Gasteiger partial charge >= 0.3 is 0 Å². The smallest absolute Gasteiger partial charge is 0.258 e. The van der Waals surface area contributed by atoms with Gasteiger partial charge in [0.2, 0.25) is 6.41 Å². The average Bonchev–Trinajstić information content (AvgIpc) is 3.65. The van der Waals surface area contributed by atoms with Crippen LogP contribution in [0.3, 0.4) is 0 Å². The molecule has 0 bridgehead atoms. The third kappa shape index (κ3) is 23.2. The van der Waals surface area contributed by atoms with Crippen molar-refractivity contribution >= 4 is 24.7 Å². The maximum Gasteiger partial charge on any atom is 0.258 e. The van der Waals surface area contributed by atoms with Crippen molar-refractivity contribution in [1.29, 1.82) is 0 Å². The van der Waals surface area contributed by atoms with Crippen LogP contribution in [-0.2, 0) is 38.0 Å². The fraction of sp³-hybridized carbons (Fsp3) is 0.418. The highest BCUT2D eigenvalue weighted by atomic mass is 16.5. The Bertz CT molecular complexity index is 1990. The van der Waals surface area contributed by atoms with Crippen molar-refractivity contribution < 1.29 is 38.0 Å². The molecule has 1 N–H and O–H groups in total. The zero-order valence-electron chi connectivity index (χ0n) is 41.9. The molecule has 12 nitrogen and oxygen atoms in total. The number of unbranched alkanes of at least 4 members (excludes halogenated alkanes) is 1. The number of carbonyl (C=O) groups excluding carboxylic acids is 2. The van der Waals surface area contributed by atoms with Crippen molar-refractivity contribution in [2.75, 3.05) is 48.7 Å². The van der Waals surface area contributed by atoms with Gasteiger partial charge in [0.15, 0.2) is 0 Å². The lowest BCUT2D eigenvalue weighted by atomic mass is 9.91. The third-order valence-electron chi connectivity index (χ3n) is 10.2. The Kier molecular flexibility index (Phi) is 30.7. The summed E-state index contributed by atoms with van der Waals surface area (Å²) in [4.78, 5) is 35.5. The molecule has 0 spiro atoms. The van der Waals surface area contributed by atoms with Gasteiger partial charge in [0.1, 0.15) is 29.5 Å². The van der Waals surface area contributed by atoms with E-state index < -0.39 is 11.6 Å². The van der Waals surface area contributed by atoms with E-state index in [0.717, 1.165) is 54.8 Å². The van der Waals surface area contributed by atoms with E-state index in [1.807, 2.05) is 93.7 Å². The molecular formula is C55H78N4O8. The average molecular weight is 923 g/mol. The van der Waals surface area contributed by atoms with Crippen molar-refractivity contribution in [1.82, 2.24) is 10.2 Å². The Morgan fingerprint density at radius 2 is 1.69 bits per heavy atom. The third-order valence-corrected chi connectivity index (χ3v) is 10.2. The van der Waals surface area contributed by atoms with Crippen LogP contribution in [0, 0.1) is 0 Å². The molecule has 2 aliphatic carbocycles. The van der Waals surface area contributed by atoms with Gasteiger partial charge in [-0.05, 0) is 127 Å². The summed E-state index contributed by atoms with van der Waals surface area (Å²) < 4.78 is 34.2. The lowest BCUT2D eigenvalue weighted by Crippen LogP contribution is -2.48. The monoisotopic (exact) mass is 923 g/mol. The molecule has 0 saturated heterocycles. The van der Waals surface area contributed by atoms with Crippen LogP contribution in [0.4, 0.5) is 0 Å². The lowest BCUT2D eigenvalue weighted by molar-refractivity contribution is -0.127. The van der Waals surface area contributed by atoms with Gasteiger partial charge < -0.3 is 38.6 Å². The number of aliphatic imine (C=N–C) groups is 2. The molecule has 366 valence electrons. The number of carbonyl (C=O) groups is 2. The fourth-order valence-corrected chi connectivity index (χ4v) is 6.57. The first kappa shape index (κ1) is 58.8. The van der Waals surface area contributed by atoms with E-state index in [-0.39, 0.29) is 18.1 Å². The van der Waals surface area contributed by atoms with E-state index in [1.54, 1.807) is 77.2 Å². The zero-order valence-corrected chi connectivity index (χ0v) is 41.9. The van der Waals surface area contributed by atoms with Gasteiger partial charge in [0.05, 0.1) is 51.5 Å². The second-order valence-electron chi connectivity index (χ2n) is 15.6. The highest BCUT2D eigenvalue weighted by molar-refractivity contribution is 5.99. The maximum absolute atomic E-state index is 14.1. The topological polar surface area (TPSA) is 130 Å². The van der Waals surface area contributed by atoms with Crippen molar-refractivity contribution in [2.45, 2.75) is 103 Å². The zero-order chi connectivity index (χ0) is 49.9. The first-order chi connectivity index (χ1) is 32.3. The van der Waals surface area contributed by atoms with Gasteiger partial charge in [0, 0.05) is 50.9 Å². The van der Waals surface area contributed by atoms with Crippen molar-refractivity contribution in [2.24, 2.45) is 9.98 Å². The Morgan fingerprint density at radius 1 is 0.985 bits per heavy atom. The van der Waals surface area contributed by atoms with Gasteiger partial charge in [0.25, 0.3) is 5.91 Å². The standard InChI is InChI=1S/C45H62N4O7.C10H16O/c1-11-16-39(52-8)22-19-35(5)25-26-45(6,32-46-7)49(12-2)44(51)36-17-15-18-41(43(30-36)54-10)55-27-13-14-28-56-42-24-21-37(20-23-40(42)53-9)47-31-38(48-33-50)29-34(3)4;1-4-6-7-9-10(11-3)8-5-2/h11-12,15-24,30-33,38,41-42H,2-3,13-14,25-29H2,1,4-10H3,(H,48,50);4,6-8H,1,5,9H2,2-3H3/b16-11-,35-19+,39-22+,46-32?,47-31?;7-6-,10-8+. The summed E-state index contributed by atoms with van der Waals surface area (Å²) in [5.74, 6) is 2.72. The molecule has 0 radical (unpaired) electrons. The first-order valence-electron chi connectivity index (χ1n) is 22.7. The van der Waals surface area contributed by atoms with E-state index >= 15 is 0 Å². The second-order valence-corrected chi connectivity index (χ2v) is 15.6. The van der Waals surface area contributed by atoms with Crippen LogP contribution in [0.2, 0.25) is 0 Å². The predicted molar refractivity (Wildman–Crippen MR) is 276 cm³/mol. The number of hydrogen-bond donors (Lipinski definition) is 1. The van der Waals surface area contributed by atoms with E-state index in [2.05, 4.69) is 55.0 Å². The molecule has 4 unspecified atom stereocenters. The minimum atomic E-state index is -0.738. The van der Waals surface area contributed by atoms with E-state index in [0.29, 0.717) is 55.3 Å². The normalized spacial score (nSPS) is 18.1. The first-order valence-corrected chi connectivity index (χ1v) is 22.7. The largest absolute Gasteiger partial charge is 0.501 e. The lowest BCUT2D eigenvalue weighted by Gasteiger charge is -2.36. The van der Waals surface area contributed by atoms with Crippen LogP contribution in [0.15, 0.2) is 179 Å². The van der Waals surface area contributed by atoms with Crippen molar-refractivity contribution in [3.8, 4) is 0 Å².